The quantitative estimate of drug-likeness (QED) is 0.709. The number of nitrogens with zero attached hydrogens (tertiary/aromatic N) is 1. The van der Waals surface area contributed by atoms with Gasteiger partial charge in [0, 0.05) is 16.8 Å². The second-order valence-corrected chi connectivity index (χ2v) is 4.02. The first-order valence-electron chi connectivity index (χ1n) is 5.66. The number of aliphatic hydroxyl groups excluding tert-OH is 1. The van der Waals surface area contributed by atoms with E-state index in [9.17, 15) is 5.11 Å². The predicted octanol–water partition coefficient (Wildman–Crippen LogP) is 3.12. The molecule has 0 fully saturated rings. The van der Waals surface area contributed by atoms with Crippen LogP contribution < -0.4 is 0 Å². The first kappa shape index (κ1) is 10.1. The van der Waals surface area contributed by atoms with Crippen molar-refractivity contribution in [2.75, 3.05) is 0 Å². The first-order chi connectivity index (χ1) is 8.40. The zero-order valence-electron chi connectivity index (χ0n) is 9.38. The van der Waals surface area contributed by atoms with Crippen molar-refractivity contribution in [2.24, 2.45) is 0 Å². The maximum atomic E-state index is 9.46. The van der Waals surface area contributed by atoms with E-state index >= 15 is 0 Å². The summed E-state index contributed by atoms with van der Waals surface area (Å²) in [7, 11) is 0. The van der Waals surface area contributed by atoms with Crippen molar-refractivity contribution >= 4 is 10.9 Å². The smallest absolute Gasteiger partial charge is 0.0836 e. The van der Waals surface area contributed by atoms with Crippen LogP contribution in [0.4, 0.5) is 0 Å². The Balaban J connectivity index is 2.34. The average molecular weight is 223 g/mol. The SMILES string of the molecule is OCc1cc2ccccc2n1-c1ccccc1. The fourth-order valence-corrected chi connectivity index (χ4v) is 2.21. The third kappa shape index (κ3) is 1.63. The second kappa shape index (κ2) is 4.07. The molecule has 0 spiro atoms. The zero-order valence-corrected chi connectivity index (χ0v) is 9.38. The van der Waals surface area contributed by atoms with E-state index in [1.807, 2.05) is 48.5 Å². The maximum absolute atomic E-state index is 9.46. The fourth-order valence-electron chi connectivity index (χ4n) is 2.21. The third-order valence-electron chi connectivity index (χ3n) is 2.96. The summed E-state index contributed by atoms with van der Waals surface area (Å²) in [5, 5.41) is 10.6. The molecule has 0 saturated heterocycles. The highest BCUT2D eigenvalue weighted by molar-refractivity contribution is 5.83. The molecule has 2 nitrogen and oxygen atoms in total. The van der Waals surface area contributed by atoms with Crippen LogP contribution in [0.3, 0.4) is 0 Å². The van der Waals surface area contributed by atoms with Crippen LogP contribution >= 0.6 is 0 Å². The molecule has 0 amide bonds. The minimum Gasteiger partial charge on any atom is -0.390 e. The molecule has 84 valence electrons. The second-order valence-electron chi connectivity index (χ2n) is 4.02. The highest BCUT2D eigenvalue weighted by atomic mass is 16.3. The molecule has 1 heterocycles. The van der Waals surface area contributed by atoms with Gasteiger partial charge in [0.1, 0.15) is 0 Å². The molecule has 0 aliphatic rings. The summed E-state index contributed by atoms with van der Waals surface area (Å²) < 4.78 is 2.09. The molecule has 0 atom stereocenters. The maximum Gasteiger partial charge on any atom is 0.0836 e. The summed E-state index contributed by atoms with van der Waals surface area (Å²) in [4.78, 5) is 0. The van der Waals surface area contributed by atoms with E-state index in [4.69, 9.17) is 0 Å². The van der Waals surface area contributed by atoms with Crippen molar-refractivity contribution in [2.45, 2.75) is 6.61 Å². The average Bonchev–Trinajstić information content (AvgIpc) is 2.78. The van der Waals surface area contributed by atoms with Crippen molar-refractivity contribution in [1.82, 2.24) is 4.57 Å². The van der Waals surface area contributed by atoms with Gasteiger partial charge in [0.25, 0.3) is 0 Å². The molecule has 1 aromatic heterocycles. The van der Waals surface area contributed by atoms with Crippen molar-refractivity contribution in [1.29, 1.82) is 0 Å². The third-order valence-corrected chi connectivity index (χ3v) is 2.96. The molecule has 17 heavy (non-hydrogen) atoms. The van der Waals surface area contributed by atoms with E-state index in [1.54, 1.807) is 0 Å². The van der Waals surface area contributed by atoms with Gasteiger partial charge in [0.2, 0.25) is 0 Å². The van der Waals surface area contributed by atoms with Crippen LogP contribution in [0, 0.1) is 0 Å². The largest absolute Gasteiger partial charge is 0.390 e. The van der Waals surface area contributed by atoms with Gasteiger partial charge in [-0.05, 0) is 24.3 Å². The summed E-state index contributed by atoms with van der Waals surface area (Å²) in [5.41, 5.74) is 3.12. The molecule has 0 radical (unpaired) electrons. The summed E-state index contributed by atoms with van der Waals surface area (Å²) in [6, 6.07) is 20.3. The lowest BCUT2D eigenvalue weighted by Crippen LogP contribution is -1.99. The van der Waals surface area contributed by atoms with Crippen molar-refractivity contribution in [3.8, 4) is 5.69 Å². The van der Waals surface area contributed by atoms with E-state index in [0.717, 1.165) is 22.3 Å². The van der Waals surface area contributed by atoms with Gasteiger partial charge >= 0.3 is 0 Å². The highest BCUT2D eigenvalue weighted by Crippen LogP contribution is 2.24. The van der Waals surface area contributed by atoms with Crippen molar-refractivity contribution in [3.63, 3.8) is 0 Å². The highest BCUT2D eigenvalue weighted by Gasteiger charge is 2.08. The Kier molecular flexibility index (Phi) is 2.42. The molecule has 0 bridgehead atoms. The van der Waals surface area contributed by atoms with Crippen molar-refractivity contribution in [3.05, 3.63) is 66.4 Å². The topological polar surface area (TPSA) is 25.2 Å². The van der Waals surface area contributed by atoms with Gasteiger partial charge in [-0.1, -0.05) is 36.4 Å². The summed E-state index contributed by atoms with van der Waals surface area (Å²) in [6.07, 6.45) is 0. The number of fused-ring (bicyclic) bond motifs is 1. The van der Waals surface area contributed by atoms with E-state index in [0.29, 0.717) is 0 Å². The fraction of sp³-hybridized carbons (Fsp3) is 0.0667. The Morgan fingerprint density at radius 1 is 0.882 bits per heavy atom. The summed E-state index contributed by atoms with van der Waals surface area (Å²) in [6.45, 7) is 0.0452. The monoisotopic (exact) mass is 223 g/mol. The van der Waals surface area contributed by atoms with Crippen LogP contribution in [0.15, 0.2) is 60.7 Å². The van der Waals surface area contributed by atoms with Crippen molar-refractivity contribution < 1.29 is 5.11 Å². The molecule has 3 aromatic rings. The number of benzene rings is 2. The lowest BCUT2D eigenvalue weighted by Gasteiger charge is -2.08. The van der Waals surface area contributed by atoms with Crippen LogP contribution in [0.2, 0.25) is 0 Å². The molecular formula is C15H13NO. The van der Waals surface area contributed by atoms with Gasteiger partial charge < -0.3 is 9.67 Å². The van der Waals surface area contributed by atoms with Crippen LogP contribution in [-0.4, -0.2) is 9.67 Å². The van der Waals surface area contributed by atoms with E-state index in [1.165, 1.54) is 0 Å². The Morgan fingerprint density at radius 3 is 2.35 bits per heavy atom. The molecule has 2 aromatic carbocycles. The number of hydrogen-bond acceptors (Lipinski definition) is 1. The molecule has 0 unspecified atom stereocenters. The minimum atomic E-state index is 0.0452. The Bertz CT molecular complexity index is 640. The van der Waals surface area contributed by atoms with Crippen LogP contribution in [0.5, 0.6) is 0 Å². The molecular weight excluding hydrogens is 210 g/mol. The molecule has 0 aliphatic carbocycles. The Labute approximate surface area is 99.7 Å². The van der Waals surface area contributed by atoms with E-state index in [-0.39, 0.29) is 6.61 Å². The minimum absolute atomic E-state index is 0.0452. The van der Waals surface area contributed by atoms with Gasteiger partial charge in [-0.15, -0.1) is 0 Å². The number of aliphatic hydroxyl groups is 1. The van der Waals surface area contributed by atoms with E-state index in [2.05, 4.69) is 16.7 Å². The van der Waals surface area contributed by atoms with Crippen LogP contribution in [0.1, 0.15) is 5.69 Å². The van der Waals surface area contributed by atoms with Crippen LogP contribution in [-0.2, 0) is 6.61 Å². The molecule has 0 saturated carbocycles. The lowest BCUT2D eigenvalue weighted by molar-refractivity contribution is 0.275. The normalized spacial score (nSPS) is 10.9. The van der Waals surface area contributed by atoms with Gasteiger partial charge in [-0.25, -0.2) is 0 Å². The van der Waals surface area contributed by atoms with E-state index < -0.39 is 0 Å². The van der Waals surface area contributed by atoms with Gasteiger partial charge in [-0.2, -0.15) is 0 Å². The molecule has 2 heteroatoms. The Hall–Kier alpha value is -2.06. The number of rotatable bonds is 2. The summed E-state index contributed by atoms with van der Waals surface area (Å²) >= 11 is 0. The Morgan fingerprint density at radius 2 is 1.59 bits per heavy atom. The standard InChI is InChI=1S/C15H13NO/c17-11-14-10-12-6-4-5-9-15(12)16(14)13-7-2-1-3-8-13/h1-10,17H,11H2. The number of hydrogen-bond donors (Lipinski definition) is 1. The number of aromatic nitrogens is 1. The molecule has 3 rings (SSSR count). The molecule has 0 aliphatic heterocycles. The van der Waals surface area contributed by atoms with Gasteiger partial charge in [0.15, 0.2) is 0 Å². The number of para-hydroxylation sites is 2. The van der Waals surface area contributed by atoms with Gasteiger partial charge in [-0.3, -0.25) is 0 Å². The predicted molar refractivity (Wildman–Crippen MR) is 69.2 cm³/mol. The van der Waals surface area contributed by atoms with Gasteiger partial charge in [0.05, 0.1) is 12.1 Å². The van der Waals surface area contributed by atoms with Crippen LogP contribution in [0.25, 0.3) is 16.6 Å². The first-order valence-corrected chi connectivity index (χ1v) is 5.66. The summed E-state index contributed by atoms with van der Waals surface area (Å²) in [5.74, 6) is 0. The lowest BCUT2D eigenvalue weighted by atomic mass is 10.2. The molecule has 1 N–H and O–H groups in total. The zero-order chi connectivity index (χ0) is 11.7.